The predicted molar refractivity (Wildman–Crippen MR) is 82.3 cm³/mol. The van der Waals surface area contributed by atoms with Crippen molar-refractivity contribution in [2.75, 3.05) is 19.8 Å². The molecule has 118 valence electrons. The lowest BCUT2D eigenvalue weighted by Crippen LogP contribution is -2.45. The van der Waals surface area contributed by atoms with Gasteiger partial charge in [0.2, 0.25) is 0 Å². The zero-order valence-electron chi connectivity index (χ0n) is 12.8. The van der Waals surface area contributed by atoms with Crippen LogP contribution in [0, 0.1) is 6.92 Å². The van der Waals surface area contributed by atoms with E-state index >= 15 is 0 Å². The zero-order valence-corrected chi connectivity index (χ0v) is 12.8. The molecule has 1 fully saturated rings. The molecule has 0 amide bonds. The Morgan fingerprint density at radius 2 is 2.32 bits per heavy atom. The van der Waals surface area contributed by atoms with E-state index in [0.717, 1.165) is 25.4 Å². The Bertz CT molecular complexity index is 585. The molecule has 0 spiro atoms. The van der Waals surface area contributed by atoms with E-state index in [1.54, 1.807) is 12.3 Å². The first-order valence-corrected chi connectivity index (χ1v) is 7.68. The lowest BCUT2D eigenvalue weighted by Gasteiger charge is -2.36. The third kappa shape index (κ3) is 3.55. The number of aryl methyl sites for hydroxylation is 1. The maximum Gasteiger partial charge on any atom is 0.132 e. The van der Waals surface area contributed by atoms with Crippen LogP contribution in [0.5, 0.6) is 0 Å². The Labute approximate surface area is 130 Å². The molecule has 1 aliphatic heterocycles. The zero-order chi connectivity index (χ0) is 15.4. The Morgan fingerprint density at radius 1 is 1.41 bits per heavy atom. The molecule has 0 radical (unpaired) electrons. The number of pyridine rings is 1. The standard InChI is InChI=1S/C17H22N2O3/c1-13-14(4-2-6-18-13)11-19-7-9-21-12-15(19)10-16(20)17-5-3-8-22-17/h2-6,8,15-16,20H,7,9-12H2,1H3. The van der Waals surface area contributed by atoms with Crippen molar-refractivity contribution >= 4 is 0 Å². The van der Waals surface area contributed by atoms with Crippen LogP contribution in [0.1, 0.15) is 29.5 Å². The normalized spacial score (nSPS) is 20.9. The second-order valence-electron chi connectivity index (χ2n) is 5.71. The summed E-state index contributed by atoms with van der Waals surface area (Å²) in [7, 11) is 0. The Morgan fingerprint density at radius 3 is 3.09 bits per heavy atom. The highest BCUT2D eigenvalue weighted by Gasteiger charge is 2.27. The molecule has 3 heterocycles. The Hall–Kier alpha value is -1.69. The number of hydrogen-bond acceptors (Lipinski definition) is 5. The monoisotopic (exact) mass is 302 g/mol. The lowest BCUT2D eigenvalue weighted by molar-refractivity contribution is -0.0324. The first kappa shape index (κ1) is 15.2. The first-order chi connectivity index (χ1) is 10.7. The number of morpholine rings is 1. The highest BCUT2D eigenvalue weighted by Crippen LogP contribution is 2.24. The van der Waals surface area contributed by atoms with Crippen LogP contribution in [0.4, 0.5) is 0 Å². The number of rotatable bonds is 5. The summed E-state index contributed by atoms with van der Waals surface area (Å²) < 4.78 is 10.9. The minimum absolute atomic E-state index is 0.174. The van der Waals surface area contributed by atoms with Crippen LogP contribution in [0.15, 0.2) is 41.1 Å². The molecule has 1 N–H and O–H groups in total. The average Bonchev–Trinajstić information content (AvgIpc) is 3.06. The van der Waals surface area contributed by atoms with E-state index in [-0.39, 0.29) is 6.04 Å². The maximum absolute atomic E-state index is 10.3. The summed E-state index contributed by atoms with van der Waals surface area (Å²) in [6.45, 7) is 5.09. The molecule has 5 nitrogen and oxygen atoms in total. The van der Waals surface area contributed by atoms with Crippen molar-refractivity contribution in [1.82, 2.24) is 9.88 Å². The largest absolute Gasteiger partial charge is 0.467 e. The van der Waals surface area contributed by atoms with Gasteiger partial charge >= 0.3 is 0 Å². The van der Waals surface area contributed by atoms with E-state index in [4.69, 9.17) is 9.15 Å². The molecule has 22 heavy (non-hydrogen) atoms. The number of furan rings is 1. The van der Waals surface area contributed by atoms with Crippen LogP contribution in [0.2, 0.25) is 0 Å². The summed E-state index contributed by atoms with van der Waals surface area (Å²) >= 11 is 0. The summed E-state index contributed by atoms with van der Waals surface area (Å²) in [5.41, 5.74) is 2.28. The smallest absolute Gasteiger partial charge is 0.132 e. The van der Waals surface area contributed by atoms with E-state index < -0.39 is 6.10 Å². The van der Waals surface area contributed by atoms with Crippen LogP contribution in [0.25, 0.3) is 0 Å². The molecule has 2 aromatic heterocycles. The average molecular weight is 302 g/mol. The molecule has 3 rings (SSSR count). The van der Waals surface area contributed by atoms with Crippen LogP contribution in [0.3, 0.4) is 0 Å². The van der Waals surface area contributed by atoms with Crippen molar-refractivity contribution < 1.29 is 14.3 Å². The fourth-order valence-corrected chi connectivity index (χ4v) is 2.87. The first-order valence-electron chi connectivity index (χ1n) is 7.68. The van der Waals surface area contributed by atoms with Crippen LogP contribution in [-0.4, -0.2) is 40.8 Å². The third-order valence-corrected chi connectivity index (χ3v) is 4.21. The van der Waals surface area contributed by atoms with Gasteiger partial charge in [0.25, 0.3) is 0 Å². The molecule has 2 atom stereocenters. The van der Waals surface area contributed by atoms with E-state index in [0.29, 0.717) is 18.8 Å². The van der Waals surface area contributed by atoms with E-state index in [1.807, 2.05) is 25.3 Å². The molecule has 0 aromatic carbocycles. The highest BCUT2D eigenvalue weighted by molar-refractivity contribution is 5.18. The number of ether oxygens (including phenoxy) is 1. The summed E-state index contributed by atoms with van der Waals surface area (Å²) in [6.07, 6.45) is 3.41. The fraction of sp³-hybridized carbons (Fsp3) is 0.471. The molecule has 2 aromatic rings. The van der Waals surface area contributed by atoms with Crippen molar-refractivity contribution in [2.24, 2.45) is 0 Å². The number of aliphatic hydroxyl groups is 1. The number of aromatic nitrogens is 1. The minimum atomic E-state index is -0.598. The molecule has 1 saturated heterocycles. The highest BCUT2D eigenvalue weighted by atomic mass is 16.5. The quantitative estimate of drug-likeness (QED) is 0.918. The van der Waals surface area contributed by atoms with Crippen LogP contribution < -0.4 is 0 Å². The molecule has 0 saturated carbocycles. The van der Waals surface area contributed by atoms with Crippen molar-refractivity contribution in [3.05, 3.63) is 53.7 Å². The van der Waals surface area contributed by atoms with E-state index in [9.17, 15) is 5.11 Å². The molecule has 1 aliphatic rings. The van der Waals surface area contributed by atoms with Gasteiger partial charge in [-0.05, 0) is 37.1 Å². The van der Waals surface area contributed by atoms with Crippen LogP contribution in [-0.2, 0) is 11.3 Å². The molecule has 2 unspecified atom stereocenters. The second kappa shape index (κ2) is 7.05. The molecular formula is C17H22N2O3. The summed E-state index contributed by atoms with van der Waals surface area (Å²) in [5.74, 6) is 0.614. The molecule has 0 aliphatic carbocycles. The topological polar surface area (TPSA) is 58.7 Å². The van der Waals surface area contributed by atoms with Crippen molar-refractivity contribution in [1.29, 1.82) is 0 Å². The van der Waals surface area contributed by atoms with Gasteiger partial charge in [-0.25, -0.2) is 0 Å². The summed E-state index contributed by atoms with van der Waals surface area (Å²) in [4.78, 5) is 6.71. The van der Waals surface area contributed by atoms with E-state index in [2.05, 4.69) is 16.0 Å². The second-order valence-corrected chi connectivity index (χ2v) is 5.71. The third-order valence-electron chi connectivity index (χ3n) is 4.21. The van der Waals surface area contributed by atoms with E-state index in [1.165, 1.54) is 5.56 Å². The molecule has 0 bridgehead atoms. The lowest BCUT2D eigenvalue weighted by atomic mass is 10.0. The Balaban J connectivity index is 1.67. The van der Waals surface area contributed by atoms with Gasteiger partial charge in [-0.15, -0.1) is 0 Å². The van der Waals surface area contributed by atoms with Gasteiger partial charge < -0.3 is 14.3 Å². The van der Waals surface area contributed by atoms with Crippen molar-refractivity contribution in [3.8, 4) is 0 Å². The van der Waals surface area contributed by atoms with Crippen LogP contribution >= 0.6 is 0 Å². The van der Waals surface area contributed by atoms with Gasteiger partial charge in [0.15, 0.2) is 0 Å². The molecular weight excluding hydrogens is 280 g/mol. The van der Waals surface area contributed by atoms with Crippen molar-refractivity contribution in [3.63, 3.8) is 0 Å². The minimum Gasteiger partial charge on any atom is -0.467 e. The maximum atomic E-state index is 10.3. The number of nitrogens with zero attached hydrogens (tertiary/aromatic N) is 2. The fourth-order valence-electron chi connectivity index (χ4n) is 2.87. The van der Waals surface area contributed by atoms with Gasteiger partial charge in [0.1, 0.15) is 11.9 Å². The van der Waals surface area contributed by atoms with Crippen molar-refractivity contribution in [2.45, 2.75) is 32.0 Å². The van der Waals surface area contributed by atoms with Gasteiger partial charge in [-0.3, -0.25) is 9.88 Å². The predicted octanol–water partition coefficient (Wildman–Crippen LogP) is 2.31. The van der Waals surface area contributed by atoms with Gasteiger partial charge in [-0.2, -0.15) is 0 Å². The van der Waals surface area contributed by atoms with Gasteiger partial charge in [0.05, 0.1) is 19.5 Å². The number of aliphatic hydroxyl groups excluding tert-OH is 1. The van der Waals surface area contributed by atoms with Gasteiger partial charge in [-0.1, -0.05) is 6.07 Å². The molecule has 5 heteroatoms. The summed E-state index contributed by atoms with van der Waals surface area (Å²) in [6, 6.07) is 7.86. The number of hydrogen-bond donors (Lipinski definition) is 1. The summed E-state index contributed by atoms with van der Waals surface area (Å²) in [5, 5.41) is 10.3. The Kier molecular flexibility index (Phi) is 4.87. The SMILES string of the molecule is Cc1ncccc1CN1CCOCC1CC(O)c1ccco1. The van der Waals surface area contributed by atoms with Gasteiger partial charge in [0, 0.05) is 31.0 Å².